The smallest absolute Gasteiger partial charge is 0.790 e. The molecule has 0 N–H and O–H groups in total. The minimum Gasteiger partial charge on any atom is -0.790 e. The molecular weight excluding hydrogens is 357 g/mol. The maximum atomic E-state index is 10.2. The van der Waals surface area contributed by atoms with Gasteiger partial charge in [0.25, 0.3) is 0 Å². The zero-order valence-corrected chi connectivity index (χ0v) is 22.2. The molecule has 0 radical (unpaired) electrons. The Morgan fingerprint density at radius 2 is 1.00 bits per heavy atom. The van der Waals surface area contributed by atoms with Gasteiger partial charge in [-0.15, -0.1) is 0 Å². The van der Waals surface area contributed by atoms with Gasteiger partial charge in [0.05, 0.1) is 14.4 Å². The minimum absolute atomic E-state index is 0. The first-order valence-corrected chi connectivity index (χ1v) is 11.0. The summed E-state index contributed by atoms with van der Waals surface area (Å²) < 4.78 is 14.4. The molecule has 0 rings (SSSR count). The molecule has 0 aromatic heterocycles. The zero-order chi connectivity index (χ0) is 17.4. The Bertz CT molecular complexity index is 299. The second-order valence-corrected chi connectivity index (χ2v) is 8.21. The molecule has 0 aliphatic heterocycles. The summed E-state index contributed by atoms with van der Waals surface area (Å²) in [5, 5.41) is 0. The molecular formula is C18H37Na2O4P. The minimum atomic E-state index is -4.76. The first-order chi connectivity index (χ1) is 10.9. The van der Waals surface area contributed by atoms with Crippen molar-refractivity contribution in [1.82, 2.24) is 0 Å². The van der Waals surface area contributed by atoms with E-state index in [0.29, 0.717) is 6.42 Å². The van der Waals surface area contributed by atoms with Crippen LogP contribution >= 0.6 is 7.82 Å². The molecule has 0 atom stereocenters. The van der Waals surface area contributed by atoms with Crippen molar-refractivity contribution in [3.63, 3.8) is 0 Å². The Kier molecular flexibility index (Phi) is 28.5. The molecule has 0 saturated carbocycles. The van der Waals surface area contributed by atoms with Crippen LogP contribution in [0.4, 0.5) is 0 Å². The van der Waals surface area contributed by atoms with Gasteiger partial charge in [0.15, 0.2) is 0 Å². The molecule has 0 aliphatic carbocycles. The topological polar surface area (TPSA) is 72.4 Å². The average Bonchev–Trinajstić information content (AvgIpc) is 2.45. The van der Waals surface area contributed by atoms with Gasteiger partial charge in [-0.05, 0) is 12.3 Å². The number of phosphoric acid groups is 1. The fraction of sp³-hybridized carbons (Fsp3) is 1.00. The van der Waals surface area contributed by atoms with Gasteiger partial charge in [-0.2, -0.15) is 0 Å². The molecule has 0 amide bonds. The quantitative estimate of drug-likeness (QED) is 0.179. The van der Waals surface area contributed by atoms with Crippen LogP contribution in [0.15, 0.2) is 0 Å². The Labute approximate surface area is 200 Å². The molecule has 0 aromatic carbocycles. The molecule has 0 saturated heterocycles. The van der Waals surface area contributed by atoms with Crippen LogP contribution in [0.3, 0.4) is 0 Å². The van der Waals surface area contributed by atoms with Gasteiger partial charge in [0.1, 0.15) is 0 Å². The summed E-state index contributed by atoms with van der Waals surface area (Å²) in [5.74, 6) is 0.850. The zero-order valence-electron chi connectivity index (χ0n) is 17.3. The largest absolute Gasteiger partial charge is 1.00 e. The fourth-order valence-corrected chi connectivity index (χ4v) is 3.13. The number of phosphoric ester groups is 1. The third-order valence-corrected chi connectivity index (χ3v) is 4.67. The molecule has 140 valence electrons. The van der Waals surface area contributed by atoms with E-state index < -0.39 is 7.82 Å². The van der Waals surface area contributed by atoms with Crippen molar-refractivity contribution in [1.29, 1.82) is 0 Å². The van der Waals surface area contributed by atoms with Gasteiger partial charge in [0.2, 0.25) is 0 Å². The van der Waals surface area contributed by atoms with E-state index in [-0.39, 0.29) is 65.7 Å². The van der Waals surface area contributed by atoms with Gasteiger partial charge in [-0.1, -0.05) is 97.3 Å². The Morgan fingerprint density at radius 1 is 0.680 bits per heavy atom. The summed E-state index contributed by atoms with van der Waals surface area (Å²) in [5.41, 5.74) is 0. The number of unbranched alkanes of at least 4 members (excludes halogenated alkanes) is 12. The summed E-state index contributed by atoms with van der Waals surface area (Å²) >= 11 is 0. The van der Waals surface area contributed by atoms with Gasteiger partial charge in [0, 0.05) is 0 Å². The third-order valence-electron chi connectivity index (χ3n) is 4.18. The second-order valence-electron chi connectivity index (χ2n) is 7.06. The van der Waals surface area contributed by atoms with E-state index in [2.05, 4.69) is 18.4 Å². The normalized spacial score (nSPS) is 11.2. The van der Waals surface area contributed by atoms with E-state index in [1.165, 1.54) is 70.6 Å². The van der Waals surface area contributed by atoms with Crippen molar-refractivity contribution in [2.75, 3.05) is 6.61 Å². The van der Waals surface area contributed by atoms with Gasteiger partial charge in [-0.25, -0.2) is 0 Å². The van der Waals surface area contributed by atoms with Gasteiger partial charge in [-0.3, -0.25) is 0 Å². The third kappa shape index (κ3) is 31.0. The average molecular weight is 394 g/mol. The molecule has 0 spiro atoms. The van der Waals surface area contributed by atoms with Crippen LogP contribution in [0.2, 0.25) is 0 Å². The first kappa shape index (κ1) is 31.8. The summed E-state index contributed by atoms with van der Waals surface area (Å²) in [6.45, 7) is 4.64. The van der Waals surface area contributed by atoms with Crippen LogP contribution in [0.5, 0.6) is 0 Å². The van der Waals surface area contributed by atoms with Crippen LogP contribution < -0.4 is 68.9 Å². The number of hydrogen-bond acceptors (Lipinski definition) is 4. The molecule has 0 aliphatic rings. The van der Waals surface area contributed by atoms with Gasteiger partial charge >= 0.3 is 59.1 Å². The van der Waals surface area contributed by atoms with Crippen LogP contribution in [0.1, 0.15) is 104 Å². The van der Waals surface area contributed by atoms with E-state index >= 15 is 0 Å². The van der Waals surface area contributed by atoms with Crippen LogP contribution in [-0.2, 0) is 9.09 Å². The number of rotatable bonds is 17. The molecule has 0 bridgehead atoms. The van der Waals surface area contributed by atoms with E-state index in [1.807, 2.05) is 0 Å². The molecule has 4 nitrogen and oxygen atoms in total. The van der Waals surface area contributed by atoms with Crippen molar-refractivity contribution in [3.05, 3.63) is 0 Å². The molecule has 0 unspecified atom stereocenters. The monoisotopic (exact) mass is 394 g/mol. The standard InChI is InChI=1S/C18H39O4P.2Na/c1-18(2)16-14-12-10-8-6-4-3-5-7-9-11-13-15-17-22-23(19,20)21;;/h18H,3-17H2,1-2H3,(H2,19,20,21);;/q;2*+1/p-2. The van der Waals surface area contributed by atoms with Crippen molar-refractivity contribution in [2.45, 2.75) is 104 Å². The Balaban J connectivity index is -0.00000242. The number of hydrogen-bond donors (Lipinski definition) is 0. The van der Waals surface area contributed by atoms with Crippen LogP contribution in [-0.4, -0.2) is 6.61 Å². The SMILES string of the molecule is CC(C)CCCCCCCCCCCCCCCOP(=O)([O-])[O-].[Na+].[Na+]. The van der Waals surface area contributed by atoms with E-state index in [4.69, 9.17) is 0 Å². The Morgan fingerprint density at radius 3 is 1.32 bits per heavy atom. The van der Waals surface area contributed by atoms with Crippen molar-refractivity contribution >= 4 is 7.82 Å². The molecule has 0 heterocycles. The van der Waals surface area contributed by atoms with Crippen LogP contribution in [0, 0.1) is 5.92 Å². The van der Waals surface area contributed by atoms with Crippen molar-refractivity contribution < 1.29 is 78.0 Å². The summed E-state index contributed by atoms with van der Waals surface area (Å²) in [6, 6.07) is 0. The molecule has 0 fully saturated rings. The summed E-state index contributed by atoms with van der Waals surface area (Å²) in [7, 11) is -4.76. The molecule has 0 aromatic rings. The fourth-order valence-electron chi connectivity index (χ4n) is 2.78. The second kappa shape index (κ2) is 22.4. The van der Waals surface area contributed by atoms with E-state index in [9.17, 15) is 14.4 Å². The predicted octanol–water partition coefficient (Wildman–Crippen LogP) is -1.04. The van der Waals surface area contributed by atoms with E-state index in [1.54, 1.807) is 0 Å². The maximum Gasteiger partial charge on any atom is 1.00 e. The predicted molar refractivity (Wildman–Crippen MR) is 93.0 cm³/mol. The van der Waals surface area contributed by atoms with Crippen molar-refractivity contribution in [3.8, 4) is 0 Å². The summed E-state index contributed by atoms with van der Waals surface area (Å²) in [4.78, 5) is 20.5. The molecule has 7 heteroatoms. The first-order valence-electron chi connectivity index (χ1n) is 9.58. The van der Waals surface area contributed by atoms with Crippen LogP contribution in [0.25, 0.3) is 0 Å². The van der Waals surface area contributed by atoms with Crippen molar-refractivity contribution in [2.24, 2.45) is 5.92 Å². The van der Waals surface area contributed by atoms with Gasteiger partial charge < -0.3 is 18.9 Å². The molecule has 25 heavy (non-hydrogen) atoms. The Hall–Kier alpha value is 2.11. The maximum absolute atomic E-state index is 10.2. The summed E-state index contributed by atoms with van der Waals surface area (Å²) in [6.07, 6.45) is 17.5. The van der Waals surface area contributed by atoms with E-state index in [0.717, 1.165) is 18.8 Å².